The van der Waals surface area contributed by atoms with Crippen LogP contribution in [0.2, 0.25) is 0 Å². The zero-order valence-electron chi connectivity index (χ0n) is 23.4. The molecule has 3 atom stereocenters. The van der Waals surface area contributed by atoms with E-state index in [0.29, 0.717) is 49.0 Å². The Morgan fingerprint density at radius 3 is 2.48 bits per heavy atom. The molecule has 2 fully saturated rings. The number of carbonyl (C=O) groups excluding carboxylic acids is 2. The number of halogens is 1. The predicted octanol–water partition coefficient (Wildman–Crippen LogP) is 4.30. The molecule has 214 valence electrons. The van der Waals surface area contributed by atoms with Crippen molar-refractivity contribution >= 4 is 12.0 Å². The Balaban J connectivity index is 1.30. The number of ether oxygens (including phenoxy) is 2. The zero-order chi connectivity index (χ0) is 28.8. The Bertz CT molecular complexity index is 1220. The summed E-state index contributed by atoms with van der Waals surface area (Å²) in [7, 11) is 0. The van der Waals surface area contributed by atoms with Gasteiger partial charge in [-0.2, -0.15) is 5.26 Å². The number of nitriles is 1. The molecular weight excluding hydrogens is 513 g/mol. The molecule has 2 aliphatic heterocycles. The maximum atomic E-state index is 15.0. The highest BCUT2D eigenvalue weighted by Crippen LogP contribution is 2.27. The van der Waals surface area contributed by atoms with E-state index in [9.17, 15) is 19.2 Å². The summed E-state index contributed by atoms with van der Waals surface area (Å²) >= 11 is 0. The van der Waals surface area contributed by atoms with Gasteiger partial charge in [0.2, 0.25) is 11.8 Å². The van der Waals surface area contributed by atoms with Crippen molar-refractivity contribution in [3.05, 3.63) is 47.9 Å². The fourth-order valence-corrected chi connectivity index (χ4v) is 5.33. The van der Waals surface area contributed by atoms with Crippen LogP contribution < -0.4 is 10.5 Å². The SMILES string of the molecule is CC(C)OC(=O)N1CCC(C(C)Oc2ccc(-c3ccc(C[C@H](N)C(=O)N4CCC[C@H]4C#N)c(F)c3)cn2)CC1. The molecule has 1 aromatic heterocycles. The predicted molar refractivity (Wildman–Crippen MR) is 148 cm³/mol. The Hall–Kier alpha value is -3.71. The fourth-order valence-electron chi connectivity index (χ4n) is 5.33. The molecule has 4 rings (SSSR count). The van der Waals surface area contributed by atoms with Gasteiger partial charge in [0.15, 0.2) is 0 Å². The van der Waals surface area contributed by atoms with Crippen LogP contribution in [0.5, 0.6) is 5.88 Å². The summed E-state index contributed by atoms with van der Waals surface area (Å²) in [6.07, 6.45) is 4.28. The number of hydrogen-bond donors (Lipinski definition) is 1. The van der Waals surface area contributed by atoms with E-state index >= 15 is 0 Å². The minimum atomic E-state index is -0.907. The van der Waals surface area contributed by atoms with E-state index in [0.717, 1.165) is 24.8 Å². The van der Waals surface area contributed by atoms with Crippen LogP contribution in [0.3, 0.4) is 0 Å². The average molecular weight is 552 g/mol. The number of pyridine rings is 1. The van der Waals surface area contributed by atoms with Crippen LogP contribution in [0.1, 0.15) is 52.0 Å². The summed E-state index contributed by atoms with van der Waals surface area (Å²) in [5.74, 6) is 0.00934. The van der Waals surface area contributed by atoms with Gasteiger partial charge in [0.25, 0.3) is 0 Å². The zero-order valence-corrected chi connectivity index (χ0v) is 23.4. The number of nitrogens with zero attached hydrogens (tertiary/aromatic N) is 4. The van der Waals surface area contributed by atoms with E-state index < -0.39 is 17.9 Å². The molecule has 1 unspecified atom stereocenters. The third kappa shape index (κ3) is 7.07. The molecule has 2 amide bonds. The lowest BCUT2D eigenvalue weighted by atomic mass is 9.92. The first kappa shape index (κ1) is 29.3. The van der Waals surface area contributed by atoms with Crippen molar-refractivity contribution in [2.24, 2.45) is 11.7 Å². The van der Waals surface area contributed by atoms with Gasteiger partial charge in [-0.25, -0.2) is 14.2 Å². The van der Waals surface area contributed by atoms with Gasteiger partial charge in [0, 0.05) is 37.5 Å². The molecular formula is C30H38FN5O4. The first-order chi connectivity index (χ1) is 19.2. The van der Waals surface area contributed by atoms with Gasteiger partial charge in [-0.15, -0.1) is 0 Å². The lowest BCUT2D eigenvalue weighted by Crippen LogP contribution is -2.46. The summed E-state index contributed by atoms with van der Waals surface area (Å²) in [4.78, 5) is 32.5. The normalized spacial score (nSPS) is 19.3. The summed E-state index contributed by atoms with van der Waals surface area (Å²) < 4.78 is 26.3. The topological polar surface area (TPSA) is 122 Å². The Morgan fingerprint density at radius 2 is 1.85 bits per heavy atom. The molecule has 0 aliphatic carbocycles. The van der Waals surface area contributed by atoms with Crippen molar-refractivity contribution in [2.75, 3.05) is 19.6 Å². The minimum absolute atomic E-state index is 0.0559. The number of benzene rings is 1. The highest BCUT2D eigenvalue weighted by atomic mass is 19.1. The summed E-state index contributed by atoms with van der Waals surface area (Å²) in [6, 6.07) is 9.20. The molecule has 2 aromatic rings. The number of carbonyl (C=O) groups is 2. The number of hydrogen-bond acceptors (Lipinski definition) is 7. The summed E-state index contributed by atoms with van der Waals surface area (Å²) in [6.45, 7) is 7.47. The van der Waals surface area contributed by atoms with Crippen molar-refractivity contribution < 1.29 is 23.5 Å². The second-order valence-electron chi connectivity index (χ2n) is 10.9. The smallest absolute Gasteiger partial charge is 0.410 e. The van der Waals surface area contributed by atoms with Crippen molar-refractivity contribution in [1.82, 2.24) is 14.8 Å². The molecule has 3 heterocycles. The first-order valence-corrected chi connectivity index (χ1v) is 14.0. The van der Waals surface area contributed by atoms with E-state index in [2.05, 4.69) is 11.1 Å². The molecule has 0 bridgehead atoms. The highest BCUT2D eigenvalue weighted by Gasteiger charge is 2.32. The van der Waals surface area contributed by atoms with Crippen molar-refractivity contribution in [1.29, 1.82) is 5.26 Å². The molecule has 2 aliphatic rings. The van der Waals surface area contributed by atoms with Gasteiger partial charge < -0.3 is 25.0 Å². The molecule has 0 spiro atoms. The number of rotatable bonds is 8. The molecule has 40 heavy (non-hydrogen) atoms. The molecule has 2 saturated heterocycles. The van der Waals surface area contributed by atoms with Crippen LogP contribution in [0.25, 0.3) is 11.1 Å². The van der Waals surface area contributed by atoms with Crippen LogP contribution in [-0.4, -0.2) is 70.7 Å². The highest BCUT2D eigenvalue weighted by molar-refractivity contribution is 5.83. The van der Waals surface area contributed by atoms with Crippen LogP contribution in [0.4, 0.5) is 9.18 Å². The van der Waals surface area contributed by atoms with E-state index in [1.54, 1.807) is 29.3 Å². The largest absolute Gasteiger partial charge is 0.474 e. The van der Waals surface area contributed by atoms with E-state index in [1.807, 2.05) is 26.8 Å². The second-order valence-corrected chi connectivity index (χ2v) is 10.9. The van der Waals surface area contributed by atoms with Crippen molar-refractivity contribution in [3.63, 3.8) is 0 Å². The molecule has 0 saturated carbocycles. The van der Waals surface area contributed by atoms with Gasteiger partial charge in [-0.05, 0) is 82.1 Å². The number of amides is 2. The molecule has 1 aromatic carbocycles. The Kier molecular flexibility index (Phi) is 9.58. The average Bonchev–Trinajstić information content (AvgIpc) is 3.43. The van der Waals surface area contributed by atoms with Crippen LogP contribution in [-0.2, 0) is 16.0 Å². The number of likely N-dealkylation sites (tertiary alicyclic amines) is 2. The van der Waals surface area contributed by atoms with Crippen LogP contribution in [0, 0.1) is 23.1 Å². The van der Waals surface area contributed by atoms with Gasteiger partial charge in [0.05, 0.1) is 18.2 Å². The molecule has 0 radical (unpaired) electrons. The van der Waals surface area contributed by atoms with Gasteiger partial charge in [0.1, 0.15) is 18.0 Å². The van der Waals surface area contributed by atoms with Gasteiger partial charge >= 0.3 is 6.09 Å². The lowest BCUT2D eigenvalue weighted by molar-refractivity contribution is -0.132. The summed E-state index contributed by atoms with van der Waals surface area (Å²) in [5.41, 5.74) is 7.83. The number of nitrogens with two attached hydrogens (primary N) is 1. The molecule has 9 nitrogen and oxygen atoms in total. The maximum Gasteiger partial charge on any atom is 0.410 e. The second kappa shape index (κ2) is 13.1. The molecule has 2 N–H and O–H groups in total. The van der Waals surface area contributed by atoms with Gasteiger partial charge in [-0.3, -0.25) is 4.79 Å². The summed E-state index contributed by atoms with van der Waals surface area (Å²) in [5, 5.41) is 9.23. The van der Waals surface area contributed by atoms with Crippen LogP contribution >= 0.6 is 0 Å². The van der Waals surface area contributed by atoms with E-state index in [4.69, 9.17) is 15.2 Å². The fraction of sp³-hybridized carbons (Fsp3) is 0.533. The number of piperidine rings is 1. The monoisotopic (exact) mass is 551 g/mol. The standard InChI is InChI=1S/C30H38FN5O4/c1-19(2)39-30(38)35-13-10-21(11-14-35)20(3)40-28-9-8-24(18-34-28)22-6-7-23(26(31)15-22)16-27(33)29(37)36-12-4-5-25(36)17-32/h6-9,15,18-21,25,27H,4-5,10-14,16,33H2,1-3H3/t20?,25-,27-/m0/s1. The van der Waals surface area contributed by atoms with E-state index in [1.165, 1.54) is 11.0 Å². The minimum Gasteiger partial charge on any atom is -0.474 e. The van der Waals surface area contributed by atoms with Gasteiger partial charge in [-0.1, -0.05) is 12.1 Å². The molecule has 10 heteroatoms. The van der Waals surface area contributed by atoms with Crippen molar-refractivity contribution in [3.8, 4) is 23.1 Å². The lowest BCUT2D eigenvalue weighted by Gasteiger charge is -2.34. The third-order valence-electron chi connectivity index (χ3n) is 7.67. The third-order valence-corrected chi connectivity index (χ3v) is 7.67. The van der Waals surface area contributed by atoms with Crippen LogP contribution in [0.15, 0.2) is 36.5 Å². The quantitative estimate of drug-likeness (QED) is 0.519. The Labute approximate surface area is 235 Å². The van der Waals surface area contributed by atoms with E-state index in [-0.39, 0.29) is 30.6 Å². The maximum absolute atomic E-state index is 15.0. The first-order valence-electron chi connectivity index (χ1n) is 14.0. The Morgan fingerprint density at radius 1 is 1.12 bits per heavy atom. The number of aromatic nitrogens is 1. The van der Waals surface area contributed by atoms with Crippen molar-refractivity contribution in [2.45, 2.75) is 77.2 Å².